The maximum atomic E-state index is 13.8. The zero-order valence-corrected chi connectivity index (χ0v) is 17.0. The number of hydrogen-bond donors (Lipinski definition) is 4. The molecule has 1 aliphatic heterocycles. The molecule has 0 radical (unpaired) electrons. The monoisotopic (exact) mass is 418 g/mol. The maximum Gasteiger partial charge on any atom is 0.337 e. The molecule has 3 aliphatic rings. The van der Waals surface area contributed by atoms with Gasteiger partial charge < -0.3 is 21.1 Å². The van der Waals surface area contributed by atoms with Crippen molar-refractivity contribution in [1.29, 1.82) is 0 Å². The van der Waals surface area contributed by atoms with E-state index in [0.717, 1.165) is 47.3 Å². The van der Waals surface area contributed by atoms with Crippen molar-refractivity contribution in [2.45, 2.75) is 36.6 Å². The van der Waals surface area contributed by atoms with Crippen LogP contribution in [0.3, 0.4) is 0 Å². The lowest BCUT2D eigenvalue weighted by molar-refractivity contribution is 0.0689. The van der Waals surface area contributed by atoms with E-state index in [1.165, 1.54) is 12.1 Å². The van der Waals surface area contributed by atoms with Gasteiger partial charge in [0.1, 0.15) is 5.82 Å². The first kappa shape index (κ1) is 18.7. The number of benzene rings is 1. The number of fused-ring (bicyclic) bond motifs is 3. The molecule has 0 atom stereocenters. The van der Waals surface area contributed by atoms with Crippen molar-refractivity contribution in [3.8, 4) is 22.5 Å². The number of pyridine rings is 1. The Bertz CT molecular complexity index is 1240. The fourth-order valence-corrected chi connectivity index (χ4v) is 5.36. The van der Waals surface area contributed by atoms with Crippen LogP contribution in [-0.2, 0) is 18.3 Å². The molecule has 6 rings (SSSR count). The van der Waals surface area contributed by atoms with E-state index in [0.29, 0.717) is 36.3 Å². The van der Waals surface area contributed by atoms with Gasteiger partial charge in [-0.25, -0.2) is 9.18 Å². The number of carboxylic acid groups (broad SMARTS) is 1. The minimum atomic E-state index is -0.911. The normalized spacial score (nSPS) is 19.8. The number of aromatic carboxylic acids is 1. The Morgan fingerprint density at radius 3 is 2.65 bits per heavy atom. The van der Waals surface area contributed by atoms with E-state index in [1.807, 2.05) is 18.3 Å². The number of carbonyl (C=O) groups is 1. The van der Waals surface area contributed by atoms with Crippen LogP contribution < -0.4 is 11.1 Å². The third-order valence-corrected chi connectivity index (χ3v) is 7.41. The van der Waals surface area contributed by atoms with E-state index in [-0.39, 0.29) is 16.8 Å². The van der Waals surface area contributed by atoms with Crippen LogP contribution in [0.5, 0.6) is 0 Å². The Morgan fingerprint density at radius 2 is 2.00 bits per heavy atom. The van der Waals surface area contributed by atoms with E-state index < -0.39 is 5.97 Å². The zero-order valence-electron chi connectivity index (χ0n) is 17.0. The predicted molar refractivity (Wildman–Crippen MR) is 114 cm³/mol. The quantitative estimate of drug-likeness (QED) is 0.522. The smallest absolute Gasteiger partial charge is 0.337 e. The SMILES string of the molecule is NC1(C2(c3[nH]c4c(c3C(=O)O)CCc3cnc(-c5cccc(F)c5)cc3-4)CNC2)CC1. The number of nitrogens with two attached hydrogens (primary N) is 1. The summed E-state index contributed by atoms with van der Waals surface area (Å²) in [7, 11) is 0. The number of halogens is 1. The molecule has 2 aromatic heterocycles. The summed E-state index contributed by atoms with van der Waals surface area (Å²) in [5.41, 5.74) is 12.1. The molecule has 5 N–H and O–H groups in total. The van der Waals surface area contributed by atoms with Crippen molar-refractivity contribution in [2.75, 3.05) is 13.1 Å². The van der Waals surface area contributed by atoms with Crippen molar-refractivity contribution in [3.05, 3.63) is 64.7 Å². The fourth-order valence-electron chi connectivity index (χ4n) is 5.36. The molecule has 1 aromatic carbocycles. The van der Waals surface area contributed by atoms with Gasteiger partial charge in [0.2, 0.25) is 0 Å². The summed E-state index contributed by atoms with van der Waals surface area (Å²) in [6.07, 6.45) is 4.99. The second-order valence-electron chi connectivity index (χ2n) is 9.11. The number of H-pyrrole nitrogens is 1. The standard InChI is InChI=1S/C24H23FN4O2/c25-15-3-1-2-13(8-15)18-9-17-14(10-28-18)4-5-16-19(22(30)31)21(29-20(16)17)23(11-27-12-23)24(26)6-7-24/h1-3,8-10,27,29H,4-7,11-12,26H2,(H,30,31). The van der Waals surface area contributed by atoms with Gasteiger partial charge in [-0.15, -0.1) is 0 Å². The molecule has 1 saturated heterocycles. The highest BCUT2D eigenvalue weighted by Crippen LogP contribution is 2.53. The number of hydrogen-bond acceptors (Lipinski definition) is 4. The van der Waals surface area contributed by atoms with Crippen molar-refractivity contribution in [2.24, 2.45) is 5.73 Å². The molecule has 3 aromatic rings. The maximum absolute atomic E-state index is 13.8. The van der Waals surface area contributed by atoms with Crippen molar-refractivity contribution in [1.82, 2.24) is 15.3 Å². The fraction of sp³-hybridized carbons (Fsp3) is 0.333. The summed E-state index contributed by atoms with van der Waals surface area (Å²) < 4.78 is 13.8. The highest BCUT2D eigenvalue weighted by atomic mass is 19.1. The molecule has 2 fully saturated rings. The summed E-state index contributed by atoms with van der Waals surface area (Å²) in [5, 5.41) is 13.5. The van der Waals surface area contributed by atoms with Crippen LogP contribution in [-0.4, -0.2) is 39.7 Å². The van der Waals surface area contributed by atoms with Gasteiger partial charge in [-0.1, -0.05) is 12.1 Å². The summed E-state index contributed by atoms with van der Waals surface area (Å²) >= 11 is 0. The molecule has 0 spiro atoms. The van der Waals surface area contributed by atoms with Crippen molar-refractivity contribution < 1.29 is 14.3 Å². The molecule has 7 heteroatoms. The largest absolute Gasteiger partial charge is 0.478 e. The molecule has 6 nitrogen and oxygen atoms in total. The molecule has 31 heavy (non-hydrogen) atoms. The van der Waals surface area contributed by atoms with Crippen LogP contribution >= 0.6 is 0 Å². The van der Waals surface area contributed by atoms with Gasteiger partial charge in [0, 0.05) is 41.6 Å². The van der Waals surface area contributed by atoms with E-state index >= 15 is 0 Å². The van der Waals surface area contributed by atoms with Gasteiger partial charge in [0.05, 0.1) is 22.4 Å². The lowest BCUT2D eigenvalue weighted by Gasteiger charge is -2.47. The predicted octanol–water partition coefficient (Wildman–Crippen LogP) is 3.01. The summed E-state index contributed by atoms with van der Waals surface area (Å²) in [6.45, 7) is 1.36. The third kappa shape index (κ3) is 2.56. The highest BCUT2D eigenvalue weighted by Gasteiger charge is 2.62. The van der Waals surface area contributed by atoms with Crippen LogP contribution in [0.4, 0.5) is 4.39 Å². The number of nitrogens with zero attached hydrogens (tertiary/aromatic N) is 1. The molecule has 3 heterocycles. The Morgan fingerprint density at radius 1 is 1.19 bits per heavy atom. The van der Waals surface area contributed by atoms with E-state index in [4.69, 9.17) is 5.73 Å². The van der Waals surface area contributed by atoms with Gasteiger partial charge >= 0.3 is 5.97 Å². The molecule has 2 aliphatic carbocycles. The van der Waals surface area contributed by atoms with Crippen LogP contribution in [0.1, 0.15) is 40.0 Å². The van der Waals surface area contributed by atoms with E-state index in [1.54, 1.807) is 6.07 Å². The second-order valence-corrected chi connectivity index (χ2v) is 9.11. The molecule has 0 unspecified atom stereocenters. The number of aryl methyl sites for hydroxylation is 1. The molecular formula is C24H23FN4O2. The Balaban J connectivity index is 1.54. The molecule has 0 amide bonds. The molecule has 0 bridgehead atoms. The van der Waals surface area contributed by atoms with Crippen molar-refractivity contribution >= 4 is 5.97 Å². The van der Waals surface area contributed by atoms with Gasteiger partial charge in [-0.2, -0.15) is 0 Å². The summed E-state index contributed by atoms with van der Waals surface area (Å²) in [6, 6.07) is 8.29. The first-order valence-corrected chi connectivity index (χ1v) is 10.7. The van der Waals surface area contributed by atoms with Crippen LogP contribution in [0, 0.1) is 5.82 Å². The highest BCUT2D eigenvalue weighted by molar-refractivity contribution is 5.95. The van der Waals surface area contributed by atoms with Crippen LogP contribution in [0.25, 0.3) is 22.5 Å². The lowest BCUT2D eigenvalue weighted by Crippen LogP contribution is -2.67. The molecule has 158 valence electrons. The minimum absolute atomic E-state index is 0.315. The van der Waals surface area contributed by atoms with E-state index in [2.05, 4.69) is 15.3 Å². The topological polar surface area (TPSA) is 104 Å². The van der Waals surface area contributed by atoms with Crippen molar-refractivity contribution in [3.63, 3.8) is 0 Å². The minimum Gasteiger partial charge on any atom is -0.478 e. The average Bonchev–Trinajstić information content (AvgIpc) is 3.33. The zero-order chi connectivity index (χ0) is 21.4. The second kappa shape index (κ2) is 6.24. The van der Waals surface area contributed by atoms with Crippen LogP contribution in [0.15, 0.2) is 36.5 Å². The first-order valence-electron chi connectivity index (χ1n) is 10.7. The number of nitrogens with one attached hydrogen (secondary N) is 2. The van der Waals surface area contributed by atoms with Crippen LogP contribution in [0.2, 0.25) is 0 Å². The summed E-state index contributed by atoms with van der Waals surface area (Å²) in [4.78, 5) is 20.4. The Kier molecular flexibility index (Phi) is 3.77. The third-order valence-electron chi connectivity index (χ3n) is 7.41. The number of rotatable bonds is 4. The van der Waals surface area contributed by atoms with E-state index in [9.17, 15) is 14.3 Å². The average molecular weight is 418 g/mol. The molecular weight excluding hydrogens is 395 g/mol. The van der Waals surface area contributed by atoms with Gasteiger partial charge in [0.15, 0.2) is 0 Å². The summed E-state index contributed by atoms with van der Waals surface area (Å²) in [5.74, 6) is -1.23. The lowest BCUT2D eigenvalue weighted by atomic mass is 9.69. The number of aromatic amines is 1. The van der Waals surface area contributed by atoms with Gasteiger partial charge in [0.25, 0.3) is 0 Å². The Hall–Kier alpha value is -3.03. The van der Waals surface area contributed by atoms with Gasteiger partial charge in [-0.3, -0.25) is 4.98 Å². The molecule has 1 saturated carbocycles. The first-order chi connectivity index (χ1) is 14.9. The van der Waals surface area contributed by atoms with Gasteiger partial charge in [-0.05, 0) is 55.0 Å². The number of aromatic nitrogens is 2. The number of carboxylic acids is 1. The Labute approximate surface area is 178 Å².